The van der Waals surface area contributed by atoms with E-state index in [1.807, 2.05) is 13.0 Å². The van der Waals surface area contributed by atoms with Gasteiger partial charge in [-0.3, -0.25) is 4.99 Å². The monoisotopic (exact) mass is 245 g/mol. The molecule has 0 spiro atoms. The fourth-order valence-electron chi connectivity index (χ4n) is 2.68. The molecule has 0 unspecified atom stereocenters. The summed E-state index contributed by atoms with van der Waals surface area (Å²) in [6.45, 7) is 7.83. The Morgan fingerprint density at radius 3 is 2.94 bits per heavy atom. The first-order valence-corrected chi connectivity index (χ1v) is 6.71. The summed E-state index contributed by atoms with van der Waals surface area (Å²) >= 11 is 0. The molecule has 2 aliphatic heterocycles. The lowest BCUT2D eigenvalue weighted by Crippen LogP contribution is -2.41. The molecule has 0 N–H and O–H groups in total. The van der Waals surface area contributed by atoms with Gasteiger partial charge in [0, 0.05) is 25.7 Å². The molecular formula is C14H19N3O. The summed E-state index contributed by atoms with van der Waals surface area (Å²) in [5.41, 5.74) is 2.49. The SMILES string of the molecule is CCOc1ccc2c(c1)N1CCCN=C1N2CC. The van der Waals surface area contributed by atoms with E-state index in [0.29, 0.717) is 6.61 Å². The van der Waals surface area contributed by atoms with Gasteiger partial charge in [-0.15, -0.1) is 0 Å². The van der Waals surface area contributed by atoms with E-state index in [9.17, 15) is 0 Å². The highest BCUT2D eigenvalue weighted by atomic mass is 16.5. The van der Waals surface area contributed by atoms with Crippen LogP contribution in [-0.2, 0) is 0 Å². The highest BCUT2D eigenvalue weighted by molar-refractivity contribution is 6.16. The van der Waals surface area contributed by atoms with Gasteiger partial charge < -0.3 is 14.5 Å². The average Bonchev–Trinajstić information content (AvgIpc) is 2.72. The van der Waals surface area contributed by atoms with Crippen LogP contribution in [0.4, 0.5) is 11.4 Å². The van der Waals surface area contributed by atoms with Crippen LogP contribution in [0.3, 0.4) is 0 Å². The van der Waals surface area contributed by atoms with Crippen LogP contribution in [-0.4, -0.2) is 32.2 Å². The summed E-state index contributed by atoms with van der Waals surface area (Å²) in [6, 6.07) is 6.32. The molecule has 0 saturated heterocycles. The number of aliphatic imine (C=N–C) groups is 1. The number of hydrogen-bond acceptors (Lipinski definition) is 4. The molecule has 0 saturated carbocycles. The molecule has 0 fully saturated rings. The predicted octanol–water partition coefficient (Wildman–Crippen LogP) is 2.49. The fraction of sp³-hybridized carbons (Fsp3) is 0.500. The van der Waals surface area contributed by atoms with Crippen molar-refractivity contribution in [2.45, 2.75) is 20.3 Å². The van der Waals surface area contributed by atoms with Crippen molar-refractivity contribution < 1.29 is 4.74 Å². The van der Waals surface area contributed by atoms with Crippen LogP contribution in [0.1, 0.15) is 20.3 Å². The predicted molar refractivity (Wildman–Crippen MR) is 74.9 cm³/mol. The maximum atomic E-state index is 5.59. The summed E-state index contributed by atoms with van der Waals surface area (Å²) in [4.78, 5) is 9.25. The summed E-state index contributed by atoms with van der Waals surface area (Å²) in [7, 11) is 0. The molecule has 0 aliphatic carbocycles. The zero-order valence-electron chi connectivity index (χ0n) is 11.0. The van der Waals surface area contributed by atoms with E-state index in [1.165, 1.54) is 11.4 Å². The normalized spacial score (nSPS) is 17.3. The average molecular weight is 245 g/mol. The molecule has 1 aromatic carbocycles. The number of ether oxygens (including phenoxy) is 1. The van der Waals surface area contributed by atoms with Crippen molar-refractivity contribution in [3.05, 3.63) is 18.2 Å². The van der Waals surface area contributed by atoms with Gasteiger partial charge in [0.1, 0.15) is 5.75 Å². The molecule has 0 aromatic heterocycles. The van der Waals surface area contributed by atoms with Crippen molar-refractivity contribution in [2.24, 2.45) is 4.99 Å². The minimum atomic E-state index is 0.706. The number of guanidine groups is 1. The van der Waals surface area contributed by atoms with E-state index in [0.717, 1.165) is 37.8 Å². The number of rotatable bonds is 3. The van der Waals surface area contributed by atoms with Gasteiger partial charge in [0.2, 0.25) is 5.96 Å². The van der Waals surface area contributed by atoms with Gasteiger partial charge in [-0.2, -0.15) is 0 Å². The smallest absolute Gasteiger partial charge is 0.205 e. The van der Waals surface area contributed by atoms with Gasteiger partial charge in [-0.1, -0.05) is 0 Å². The lowest BCUT2D eigenvalue weighted by molar-refractivity contribution is 0.340. The molecule has 1 aromatic rings. The van der Waals surface area contributed by atoms with E-state index >= 15 is 0 Å². The maximum absolute atomic E-state index is 5.59. The van der Waals surface area contributed by atoms with Crippen LogP contribution < -0.4 is 14.5 Å². The lowest BCUT2D eigenvalue weighted by Gasteiger charge is -2.26. The molecule has 96 valence electrons. The molecule has 0 amide bonds. The van der Waals surface area contributed by atoms with Crippen molar-refractivity contribution >= 4 is 17.3 Å². The van der Waals surface area contributed by atoms with Crippen LogP contribution in [0.5, 0.6) is 5.75 Å². The Hall–Kier alpha value is -1.71. The Balaban J connectivity index is 2.04. The van der Waals surface area contributed by atoms with Gasteiger partial charge in [0.05, 0.1) is 18.0 Å². The van der Waals surface area contributed by atoms with Crippen molar-refractivity contribution in [3.8, 4) is 5.75 Å². The van der Waals surface area contributed by atoms with Gasteiger partial charge in [0.15, 0.2) is 0 Å². The summed E-state index contributed by atoms with van der Waals surface area (Å²) in [5, 5.41) is 0. The molecule has 2 aliphatic rings. The van der Waals surface area contributed by atoms with Crippen LogP contribution in [0.2, 0.25) is 0 Å². The third kappa shape index (κ3) is 1.64. The fourth-order valence-corrected chi connectivity index (χ4v) is 2.68. The first kappa shape index (κ1) is 11.4. The molecule has 0 bridgehead atoms. The van der Waals surface area contributed by atoms with Gasteiger partial charge in [-0.25, -0.2) is 0 Å². The standard InChI is InChI=1S/C14H19N3O/c1-3-16-12-7-6-11(18-4-2)10-13(12)17-9-5-8-15-14(16)17/h6-7,10H,3-5,8-9H2,1-2H3. The quantitative estimate of drug-likeness (QED) is 0.819. The molecule has 0 atom stereocenters. The van der Waals surface area contributed by atoms with Crippen molar-refractivity contribution in [1.82, 2.24) is 0 Å². The zero-order valence-corrected chi connectivity index (χ0v) is 11.0. The first-order valence-electron chi connectivity index (χ1n) is 6.71. The third-order valence-electron chi connectivity index (χ3n) is 3.43. The Morgan fingerprint density at radius 1 is 1.28 bits per heavy atom. The van der Waals surface area contributed by atoms with E-state index < -0.39 is 0 Å². The molecule has 4 nitrogen and oxygen atoms in total. The minimum Gasteiger partial charge on any atom is -0.494 e. The summed E-state index contributed by atoms with van der Waals surface area (Å²) in [6.07, 6.45) is 1.12. The van der Waals surface area contributed by atoms with Crippen LogP contribution in [0, 0.1) is 0 Å². The van der Waals surface area contributed by atoms with Crippen molar-refractivity contribution in [2.75, 3.05) is 36.0 Å². The van der Waals surface area contributed by atoms with E-state index in [1.54, 1.807) is 0 Å². The Bertz CT molecular complexity index is 484. The molecule has 4 heteroatoms. The highest BCUT2D eigenvalue weighted by Crippen LogP contribution is 2.40. The van der Waals surface area contributed by atoms with Crippen molar-refractivity contribution in [1.29, 1.82) is 0 Å². The molecule has 0 radical (unpaired) electrons. The summed E-state index contributed by atoms with van der Waals surface area (Å²) in [5.74, 6) is 2.05. The Labute approximate surface area is 108 Å². The number of hydrogen-bond donors (Lipinski definition) is 0. The second-order valence-corrected chi connectivity index (χ2v) is 4.51. The molecular weight excluding hydrogens is 226 g/mol. The Morgan fingerprint density at radius 2 is 2.17 bits per heavy atom. The third-order valence-corrected chi connectivity index (χ3v) is 3.43. The van der Waals surface area contributed by atoms with Gasteiger partial charge >= 0.3 is 0 Å². The van der Waals surface area contributed by atoms with Gasteiger partial charge in [-0.05, 0) is 32.4 Å². The number of anilines is 2. The van der Waals surface area contributed by atoms with Crippen LogP contribution in [0.25, 0.3) is 0 Å². The van der Waals surface area contributed by atoms with Crippen LogP contribution in [0.15, 0.2) is 23.2 Å². The minimum absolute atomic E-state index is 0.706. The highest BCUT2D eigenvalue weighted by Gasteiger charge is 2.33. The first-order chi connectivity index (χ1) is 8.85. The summed E-state index contributed by atoms with van der Waals surface area (Å²) < 4.78 is 5.59. The molecule has 3 rings (SSSR count). The number of nitrogens with zero attached hydrogens (tertiary/aromatic N) is 3. The Kier molecular flexibility index (Phi) is 2.86. The second kappa shape index (κ2) is 4.52. The molecule has 18 heavy (non-hydrogen) atoms. The molecule has 2 heterocycles. The largest absolute Gasteiger partial charge is 0.494 e. The van der Waals surface area contributed by atoms with E-state index in [-0.39, 0.29) is 0 Å². The second-order valence-electron chi connectivity index (χ2n) is 4.51. The van der Waals surface area contributed by atoms with Gasteiger partial charge in [0.25, 0.3) is 0 Å². The van der Waals surface area contributed by atoms with E-state index in [2.05, 4.69) is 33.8 Å². The van der Waals surface area contributed by atoms with Crippen LogP contribution >= 0.6 is 0 Å². The number of benzene rings is 1. The topological polar surface area (TPSA) is 28.1 Å². The zero-order chi connectivity index (χ0) is 12.5. The lowest BCUT2D eigenvalue weighted by atomic mass is 10.2. The van der Waals surface area contributed by atoms with E-state index in [4.69, 9.17) is 4.74 Å². The van der Waals surface area contributed by atoms with Crippen molar-refractivity contribution in [3.63, 3.8) is 0 Å². The maximum Gasteiger partial charge on any atom is 0.205 e. The number of fused-ring (bicyclic) bond motifs is 3.